The SMILES string of the molecule is c1ccc2c(c1)ccc1c2c2c3ccccc3ccc2n1-c1cc(-c2nc(-c3ccc4sc5ccccc5c4c3)c3ccccc3n2)c2sc3ccccc3c2c1. The number of nitrogens with zero attached hydrogens (tertiary/aromatic N) is 3. The number of para-hydroxylation sites is 1. The van der Waals surface area contributed by atoms with Crippen LogP contribution >= 0.6 is 22.7 Å². The summed E-state index contributed by atoms with van der Waals surface area (Å²) < 4.78 is 7.49. The molecule has 5 heteroatoms. The molecule has 3 nitrogen and oxygen atoms in total. The zero-order valence-corrected chi connectivity index (χ0v) is 32.0. The van der Waals surface area contributed by atoms with Gasteiger partial charge in [-0.2, -0.15) is 0 Å². The predicted molar refractivity (Wildman–Crippen MR) is 246 cm³/mol. The summed E-state index contributed by atoms with van der Waals surface area (Å²) in [5.41, 5.74) is 7.47. The molecular formula is C52H29N3S2. The van der Waals surface area contributed by atoms with E-state index in [-0.39, 0.29) is 0 Å². The number of benzene rings is 9. The number of rotatable bonds is 3. The van der Waals surface area contributed by atoms with Gasteiger partial charge in [0.2, 0.25) is 0 Å². The maximum Gasteiger partial charge on any atom is 0.161 e. The molecule has 0 aliphatic carbocycles. The van der Waals surface area contributed by atoms with Gasteiger partial charge in [0.1, 0.15) is 0 Å². The zero-order chi connectivity index (χ0) is 37.2. The summed E-state index contributed by atoms with van der Waals surface area (Å²) in [6, 6.07) is 64.1. The van der Waals surface area contributed by atoms with Gasteiger partial charge in [0.15, 0.2) is 5.82 Å². The van der Waals surface area contributed by atoms with Crippen molar-refractivity contribution in [3.63, 3.8) is 0 Å². The summed E-state index contributed by atoms with van der Waals surface area (Å²) in [7, 11) is 0. The molecule has 9 aromatic carbocycles. The Labute approximate surface area is 334 Å². The molecule has 13 rings (SSSR count). The monoisotopic (exact) mass is 759 g/mol. The smallest absolute Gasteiger partial charge is 0.161 e. The second kappa shape index (κ2) is 11.8. The minimum Gasteiger partial charge on any atom is -0.309 e. The summed E-state index contributed by atoms with van der Waals surface area (Å²) in [6.07, 6.45) is 0. The highest BCUT2D eigenvalue weighted by atomic mass is 32.1. The van der Waals surface area contributed by atoms with E-state index < -0.39 is 0 Å². The Morgan fingerprint density at radius 3 is 1.70 bits per heavy atom. The molecule has 0 fully saturated rings. The number of aromatic nitrogens is 3. The van der Waals surface area contributed by atoms with E-state index in [9.17, 15) is 0 Å². The van der Waals surface area contributed by atoms with Crippen molar-refractivity contribution in [1.82, 2.24) is 14.5 Å². The van der Waals surface area contributed by atoms with Crippen LogP contribution in [0, 0.1) is 0 Å². The van der Waals surface area contributed by atoms with Gasteiger partial charge in [0.25, 0.3) is 0 Å². The molecule has 0 saturated heterocycles. The van der Waals surface area contributed by atoms with Crippen LogP contribution in [0.1, 0.15) is 0 Å². The van der Waals surface area contributed by atoms with Gasteiger partial charge in [0.05, 0.1) is 22.2 Å². The van der Waals surface area contributed by atoms with E-state index in [1.165, 1.54) is 83.7 Å². The van der Waals surface area contributed by atoms with Crippen molar-refractivity contribution in [2.45, 2.75) is 0 Å². The van der Waals surface area contributed by atoms with E-state index in [2.05, 4.69) is 180 Å². The van der Waals surface area contributed by atoms with E-state index >= 15 is 0 Å². The molecule has 13 aromatic rings. The normalized spacial score (nSPS) is 12.2. The molecule has 4 aromatic heterocycles. The van der Waals surface area contributed by atoms with Crippen LogP contribution in [0.15, 0.2) is 176 Å². The van der Waals surface area contributed by atoms with Gasteiger partial charge < -0.3 is 4.57 Å². The third-order valence-corrected chi connectivity index (χ3v) is 14.1. The third-order valence-electron chi connectivity index (χ3n) is 11.8. The van der Waals surface area contributed by atoms with Crippen molar-refractivity contribution < 1.29 is 0 Å². The van der Waals surface area contributed by atoms with Gasteiger partial charge in [-0.15, -0.1) is 22.7 Å². The second-order valence-corrected chi connectivity index (χ2v) is 17.0. The topological polar surface area (TPSA) is 30.7 Å². The molecule has 0 aliphatic rings. The van der Waals surface area contributed by atoms with Crippen LogP contribution in [0.25, 0.3) is 123 Å². The molecule has 0 amide bonds. The first-order valence-corrected chi connectivity index (χ1v) is 20.9. The summed E-state index contributed by atoms with van der Waals surface area (Å²) in [5.74, 6) is 0.731. The Balaban J connectivity index is 1.14. The van der Waals surface area contributed by atoms with E-state index in [1.807, 2.05) is 22.7 Å². The number of hydrogen-bond donors (Lipinski definition) is 0. The lowest BCUT2D eigenvalue weighted by atomic mass is 10.00. The fourth-order valence-electron chi connectivity index (χ4n) is 9.22. The Morgan fingerprint density at radius 1 is 0.404 bits per heavy atom. The lowest BCUT2D eigenvalue weighted by Gasteiger charge is -2.14. The predicted octanol–water partition coefficient (Wildman–Crippen LogP) is 15.1. The van der Waals surface area contributed by atoms with E-state index in [0.29, 0.717) is 0 Å². The number of thiophene rings is 2. The maximum absolute atomic E-state index is 5.55. The molecule has 0 saturated carbocycles. The van der Waals surface area contributed by atoms with Crippen LogP contribution < -0.4 is 0 Å². The first-order chi connectivity index (χ1) is 28.2. The molecule has 4 heterocycles. The van der Waals surface area contributed by atoms with Gasteiger partial charge in [-0.25, -0.2) is 9.97 Å². The zero-order valence-electron chi connectivity index (χ0n) is 30.4. The molecular weight excluding hydrogens is 731 g/mol. The van der Waals surface area contributed by atoms with Gasteiger partial charge in [-0.05, 0) is 76.1 Å². The van der Waals surface area contributed by atoms with E-state index in [1.54, 1.807) is 0 Å². The summed E-state index contributed by atoms with van der Waals surface area (Å²) >= 11 is 3.67. The van der Waals surface area contributed by atoms with Crippen LogP contribution in [0.5, 0.6) is 0 Å². The fourth-order valence-corrected chi connectivity index (χ4v) is 11.5. The summed E-state index contributed by atoms with van der Waals surface area (Å²) in [5, 5.41) is 13.6. The van der Waals surface area contributed by atoms with Crippen LogP contribution in [0.4, 0.5) is 0 Å². The summed E-state index contributed by atoms with van der Waals surface area (Å²) in [4.78, 5) is 10.9. The quantitative estimate of drug-likeness (QED) is 0.180. The Kier molecular flexibility index (Phi) is 6.48. The average molecular weight is 760 g/mol. The second-order valence-electron chi connectivity index (χ2n) is 14.9. The van der Waals surface area contributed by atoms with Gasteiger partial charge in [0, 0.05) is 73.3 Å². The highest BCUT2D eigenvalue weighted by Gasteiger charge is 2.22. The molecule has 0 N–H and O–H groups in total. The highest BCUT2D eigenvalue weighted by molar-refractivity contribution is 7.26. The van der Waals surface area contributed by atoms with E-state index in [0.717, 1.165) is 39.2 Å². The number of hydrogen-bond acceptors (Lipinski definition) is 4. The van der Waals surface area contributed by atoms with Crippen molar-refractivity contribution in [3.05, 3.63) is 176 Å². The fraction of sp³-hybridized carbons (Fsp3) is 0. The molecule has 0 aliphatic heterocycles. The molecule has 0 bridgehead atoms. The molecule has 0 spiro atoms. The lowest BCUT2D eigenvalue weighted by Crippen LogP contribution is -1.98. The first-order valence-electron chi connectivity index (χ1n) is 19.2. The van der Waals surface area contributed by atoms with Crippen molar-refractivity contribution in [1.29, 1.82) is 0 Å². The Morgan fingerprint density at radius 2 is 0.982 bits per heavy atom. The average Bonchev–Trinajstić information content (AvgIpc) is 3.95. The van der Waals surface area contributed by atoms with Crippen LogP contribution in [-0.2, 0) is 0 Å². The Hall–Kier alpha value is -6.92. The maximum atomic E-state index is 5.55. The van der Waals surface area contributed by atoms with Gasteiger partial charge in [-0.3, -0.25) is 0 Å². The third kappa shape index (κ3) is 4.52. The standard InChI is InChI=1S/C52H29N3S2/c1-3-13-34-30(11-1)21-24-43-48(34)49-35-14-4-2-12-31(35)22-25-44(49)55(43)33-28-40-37-16-7-10-20-46(37)57-51(40)41(29-33)52-53-42-18-8-5-17-38(42)50(54-52)32-23-26-47-39(27-32)36-15-6-9-19-45(36)56-47/h1-29H. The van der Waals surface area contributed by atoms with Crippen molar-refractivity contribution >= 4 is 117 Å². The molecule has 0 unspecified atom stereocenters. The van der Waals surface area contributed by atoms with E-state index in [4.69, 9.17) is 9.97 Å². The highest BCUT2D eigenvalue weighted by Crippen LogP contribution is 2.46. The summed E-state index contributed by atoms with van der Waals surface area (Å²) in [6.45, 7) is 0. The first kappa shape index (κ1) is 31.3. The van der Waals surface area contributed by atoms with Gasteiger partial charge in [-0.1, -0.05) is 121 Å². The number of fused-ring (bicyclic) bond motifs is 14. The van der Waals surface area contributed by atoms with Crippen LogP contribution in [0.3, 0.4) is 0 Å². The largest absolute Gasteiger partial charge is 0.309 e. The van der Waals surface area contributed by atoms with Crippen molar-refractivity contribution in [2.75, 3.05) is 0 Å². The van der Waals surface area contributed by atoms with Gasteiger partial charge >= 0.3 is 0 Å². The van der Waals surface area contributed by atoms with Crippen molar-refractivity contribution in [2.24, 2.45) is 0 Å². The molecule has 0 radical (unpaired) electrons. The molecule has 57 heavy (non-hydrogen) atoms. The van der Waals surface area contributed by atoms with Crippen LogP contribution in [-0.4, -0.2) is 14.5 Å². The Bertz CT molecular complexity index is 3740. The minimum atomic E-state index is 0.731. The molecule has 0 atom stereocenters. The van der Waals surface area contributed by atoms with Crippen molar-refractivity contribution in [3.8, 4) is 28.3 Å². The molecule has 264 valence electrons. The lowest BCUT2D eigenvalue weighted by molar-refractivity contribution is 1.18. The van der Waals surface area contributed by atoms with Crippen LogP contribution in [0.2, 0.25) is 0 Å². The minimum absolute atomic E-state index is 0.731.